The first-order valence-corrected chi connectivity index (χ1v) is 9.17. The van der Waals surface area contributed by atoms with E-state index in [0.29, 0.717) is 29.1 Å². The fraction of sp³-hybridized carbons (Fsp3) is 0.333. The molecule has 5 nitrogen and oxygen atoms in total. The van der Waals surface area contributed by atoms with E-state index in [4.69, 9.17) is 11.6 Å². The van der Waals surface area contributed by atoms with Crippen LogP contribution in [0.2, 0.25) is 5.02 Å². The van der Waals surface area contributed by atoms with Crippen molar-refractivity contribution in [3.63, 3.8) is 0 Å². The molecule has 2 heterocycles. The maximum atomic E-state index is 12.3. The number of fused-ring (bicyclic) bond motifs is 1. The Labute approximate surface area is 133 Å². The Bertz CT molecular complexity index is 824. The van der Waals surface area contributed by atoms with Crippen molar-refractivity contribution >= 4 is 38.2 Å². The smallest absolute Gasteiger partial charge is 0.252 e. The van der Waals surface area contributed by atoms with Gasteiger partial charge in [0.25, 0.3) is 5.91 Å². The van der Waals surface area contributed by atoms with Gasteiger partial charge < -0.3 is 5.32 Å². The third-order valence-electron chi connectivity index (χ3n) is 3.77. The van der Waals surface area contributed by atoms with Gasteiger partial charge in [-0.1, -0.05) is 17.7 Å². The molecule has 0 bridgehead atoms. The molecule has 1 amide bonds. The monoisotopic (exact) mass is 338 g/mol. The van der Waals surface area contributed by atoms with Gasteiger partial charge in [0.2, 0.25) is 0 Å². The quantitative estimate of drug-likeness (QED) is 0.925. The van der Waals surface area contributed by atoms with Crippen LogP contribution in [0.1, 0.15) is 16.8 Å². The largest absolute Gasteiger partial charge is 0.352 e. The predicted molar refractivity (Wildman–Crippen MR) is 85.8 cm³/mol. The second kappa shape index (κ2) is 5.85. The van der Waals surface area contributed by atoms with Gasteiger partial charge in [-0.25, -0.2) is 8.42 Å². The van der Waals surface area contributed by atoms with Gasteiger partial charge in [0.1, 0.15) is 0 Å². The summed E-state index contributed by atoms with van der Waals surface area (Å²) in [5, 5.41) is 4.16. The van der Waals surface area contributed by atoms with Crippen LogP contribution in [0, 0.1) is 5.92 Å². The number of carbonyl (C=O) groups excluding carboxylic acids is 1. The summed E-state index contributed by atoms with van der Waals surface area (Å²) in [5.74, 6) is 0.453. The second-order valence-electron chi connectivity index (χ2n) is 5.51. The van der Waals surface area contributed by atoms with Crippen molar-refractivity contribution in [1.29, 1.82) is 0 Å². The molecule has 22 heavy (non-hydrogen) atoms. The van der Waals surface area contributed by atoms with Crippen LogP contribution in [0.25, 0.3) is 10.9 Å². The van der Waals surface area contributed by atoms with Gasteiger partial charge >= 0.3 is 0 Å². The molecule has 0 atom stereocenters. The lowest BCUT2D eigenvalue weighted by molar-refractivity contribution is 0.0953. The Morgan fingerprint density at radius 1 is 1.32 bits per heavy atom. The van der Waals surface area contributed by atoms with Crippen LogP contribution in [0.5, 0.6) is 0 Å². The summed E-state index contributed by atoms with van der Waals surface area (Å²) in [6.45, 7) is 0.469. The van der Waals surface area contributed by atoms with Crippen molar-refractivity contribution in [3.05, 3.63) is 41.0 Å². The SMILES string of the molecule is O=C(NCCC1CS(=O)(=O)C1)c1ccnc2cc(Cl)ccc12. The highest BCUT2D eigenvalue weighted by atomic mass is 35.5. The van der Waals surface area contributed by atoms with Crippen LogP contribution in [-0.4, -0.2) is 37.4 Å². The number of carbonyl (C=O) groups is 1. The molecule has 1 fully saturated rings. The number of sulfone groups is 1. The normalized spacial score (nSPS) is 17.1. The fourth-order valence-corrected chi connectivity index (χ4v) is 4.48. The number of aromatic nitrogens is 1. The average Bonchev–Trinajstić information content (AvgIpc) is 2.44. The number of nitrogens with one attached hydrogen (secondary N) is 1. The molecule has 0 spiro atoms. The Hall–Kier alpha value is -1.66. The Kier molecular flexibility index (Phi) is 4.06. The predicted octanol–water partition coefficient (Wildman–Crippen LogP) is 2.05. The Balaban J connectivity index is 1.65. The van der Waals surface area contributed by atoms with E-state index in [1.54, 1.807) is 30.5 Å². The zero-order valence-electron chi connectivity index (χ0n) is 11.8. The van der Waals surface area contributed by atoms with Crippen molar-refractivity contribution in [2.75, 3.05) is 18.1 Å². The molecule has 1 N–H and O–H groups in total. The number of benzene rings is 1. The molecule has 1 aromatic carbocycles. The number of pyridine rings is 1. The first-order chi connectivity index (χ1) is 10.4. The number of halogens is 1. The van der Waals surface area contributed by atoms with Crippen molar-refractivity contribution in [1.82, 2.24) is 10.3 Å². The van der Waals surface area contributed by atoms with Gasteiger partial charge in [0.05, 0.1) is 22.6 Å². The lowest BCUT2D eigenvalue weighted by atomic mass is 10.1. The van der Waals surface area contributed by atoms with Crippen LogP contribution in [0.15, 0.2) is 30.5 Å². The number of hydrogen-bond acceptors (Lipinski definition) is 4. The first kappa shape index (κ1) is 15.2. The summed E-state index contributed by atoms with van der Waals surface area (Å²) in [6.07, 6.45) is 2.26. The highest BCUT2D eigenvalue weighted by Gasteiger charge is 2.32. The van der Waals surface area contributed by atoms with E-state index in [1.807, 2.05) is 0 Å². The zero-order chi connectivity index (χ0) is 15.7. The van der Waals surface area contributed by atoms with Gasteiger partial charge in [-0.15, -0.1) is 0 Å². The first-order valence-electron chi connectivity index (χ1n) is 6.97. The standard InChI is InChI=1S/C15H15ClN2O3S/c16-11-1-2-12-13(4-6-17-14(12)7-11)15(19)18-5-3-10-8-22(20,21)9-10/h1-2,4,6-7,10H,3,5,8-9H2,(H,18,19). The molecule has 2 aromatic rings. The van der Waals surface area contributed by atoms with Gasteiger partial charge in [-0.05, 0) is 30.5 Å². The average molecular weight is 339 g/mol. The maximum absolute atomic E-state index is 12.3. The summed E-state index contributed by atoms with van der Waals surface area (Å²) in [7, 11) is -2.80. The summed E-state index contributed by atoms with van der Waals surface area (Å²) in [6, 6.07) is 6.88. The van der Waals surface area contributed by atoms with Crippen LogP contribution in [0.3, 0.4) is 0 Å². The Morgan fingerprint density at radius 2 is 2.09 bits per heavy atom. The van der Waals surface area contributed by atoms with E-state index in [0.717, 1.165) is 5.39 Å². The minimum absolute atomic E-state index is 0.165. The third kappa shape index (κ3) is 3.23. The van der Waals surface area contributed by atoms with E-state index in [1.165, 1.54) is 0 Å². The summed E-state index contributed by atoms with van der Waals surface area (Å²) in [5.41, 5.74) is 1.22. The Morgan fingerprint density at radius 3 is 2.82 bits per heavy atom. The van der Waals surface area contributed by atoms with E-state index >= 15 is 0 Å². The lowest BCUT2D eigenvalue weighted by Crippen LogP contribution is -2.38. The van der Waals surface area contributed by atoms with E-state index < -0.39 is 9.84 Å². The number of nitrogens with zero attached hydrogens (tertiary/aromatic N) is 1. The molecular formula is C15H15ClN2O3S. The van der Waals surface area contributed by atoms with Crippen molar-refractivity contribution in [2.24, 2.45) is 5.92 Å². The van der Waals surface area contributed by atoms with E-state index in [9.17, 15) is 13.2 Å². The minimum atomic E-state index is -2.80. The van der Waals surface area contributed by atoms with Crippen molar-refractivity contribution in [3.8, 4) is 0 Å². The molecule has 7 heteroatoms. The molecule has 0 radical (unpaired) electrons. The summed E-state index contributed by atoms with van der Waals surface area (Å²) in [4.78, 5) is 16.5. The molecule has 0 unspecified atom stereocenters. The molecule has 116 valence electrons. The lowest BCUT2D eigenvalue weighted by Gasteiger charge is -2.25. The van der Waals surface area contributed by atoms with Gasteiger partial charge in [0, 0.05) is 23.2 Å². The molecule has 1 aliphatic heterocycles. The summed E-state index contributed by atoms with van der Waals surface area (Å²) >= 11 is 5.92. The van der Waals surface area contributed by atoms with Gasteiger partial charge in [-0.2, -0.15) is 0 Å². The van der Waals surface area contributed by atoms with Crippen LogP contribution in [-0.2, 0) is 9.84 Å². The fourth-order valence-electron chi connectivity index (χ4n) is 2.64. The molecule has 1 aliphatic rings. The number of amides is 1. The molecule has 0 saturated carbocycles. The number of rotatable bonds is 4. The molecule has 0 aliphatic carbocycles. The van der Waals surface area contributed by atoms with Gasteiger partial charge in [0.15, 0.2) is 9.84 Å². The second-order valence-corrected chi connectivity index (χ2v) is 8.10. The molecular weight excluding hydrogens is 324 g/mol. The highest BCUT2D eigenvalue weighted by Crippen LogP contribution is 2.22. The molecule has 1 saturated heterocycles. The van der Waals surface area contributed by atoms with Crippen molar-refractivity contribution < 1.29 is 13.2 Å². The topological polar surface area (TPSA) is 76.1 Å². The van der Waals surface area contributed by atoms with E-state index in [-0.39, 0.29) is 23.3 Å². The van der Waals surface area contributed by atoms with Crippen LogP contribution in [0.4, 0.5) is 0 Å². The zero-order valence-corrected chi connectivity index (χ0v) is 13.3. The summed E-state index contributed by atoms with van der Waals surface area (Å²) < 4.78 is 22.2. The van der Waals surface area contributed by atoms with Crippen molar-refractivity contribution in [2.45, 2.75) is 6.42 Å². The number of hydrogen-bond donors (Lipinski definition) is 1. The van der Waals surface area contributed by atoms with Crippen LogP contribution < -0.4 is 5.32 Å². The maximum Gasteiger partial charge on any atom is 0.252 e. The van der Waals surface area contributed by atoms with E-state index in [2.05, 4.69) is 10.3 Å². The molecule has 1 aromatic heterocycles. The highest BCUT2D eigenvalue weighted by molar-refractivity contribution is 7.92. The molecule has 3 rings (SSSR count). The third-order valence-corrected chi connectivity index (χ3v) is 5.96. The van der Waals surface area contributed by atoms with Crippen LogP contribution >= 0.6 is 11.6 Å². The minimum Gasteiger partial charge on any atom is -0.352 e. The van der Waals surface area contributed by atoms with Gasteiger partial charge in [-0.3, -0.25) is 9.78 Å².